The molecule has 1 saturated carbocycles. The Balaban J connectivity index is 1.90. The fourth-order valence-electron chi connectivity index (χ4n) is 2.47. The van der Waals surface area contributed by atoms with Crippen molar-refractivity contribution in [2.45, 2.75) is 39.2 Å². The predicted octanol–water partition coefficient (Wildman–Crippen LogP) is 1.21. The maximum absolute atomic E-state index is 12.3. The second kappa shape index (κ2) is 5.49. The van der Waals surface area contributed by atoms with Gasteiger partial charge >= 0.3 is 5.97 Å². The summed E-state index contributed by atoms with van der Waals surface area (Å²) in [6.07, 6.45) is 1.55. The molecule has 1 aliphatic heterocycles. The van der Waals surface area contributed by atoms with E-state index in [2.05, 4.69) is 0 Å². The van der Waals surface area contributed by atoms with Crippen LogP contribution < -0.4 is 0 Å². The van der Waals surface area contributed by atoms with Gasteiger partial charge in [-0.25, -0.2) is 0 Å². The number of hydrogen-bond donors (Lipinski definition) is 0. The van der Waals surface area contributed by atoms with Crippen molar-refractivity contribution in [3.63, 3.8) is 0 Å². The van der Waals surface area contributed by atoms with Crippen molar-refractivity contribution >= 4 is 11.9 Å². The number of morpholine rings is 1. The molecule has 0 bridgehead atoms. The summed E-state index contributed by atoms with van der Waals surface area (Å²) in [7, 11) is 0. The van der Waals surface area contributed by atoms with Gasteiger partial charge < -0.3 is 14.4 Å². The summed E-state index contributed by atoms with van der Waals surface area (Å²) in [4.78, 5) is 26.2. The van der Waals surface area contributed by atoms with E-state index in [1.807, 2.05) is 25.7 Å². The third kappa shape index (κ3) is 3.47. The van der Waals surface area contributed by atoms with Crippen LogP contribution in [0.25, 0.3) is 0 Å². The molecule has 0 aromatic carbocycles. The first kappa shape index (κ1) is 14.3. The van der Waals surface area contributed by atoms with Crippen LogP contribution in [0.4, 0.5) is 0 Å². The van der Waals surface area contributed by atoms with Gasteiger partial charge in [-0.15, -0.1) is 0 Å². The number of nitrogens with zero attached hydrogens (tertiary/aromatic N) is 1. The van der Waals surface area contributed by atoms with Crippen LogP contribution in [0.3, 0.4) is 0 Å². The molecule has 0 radical (unpaired) electrons. The molecule has 108 valence electrons. The van der Waals surface area contributed by atoms with Crippen molar-refractivity contribution in [1.82, 2.24) is 4.90 Å². The quantitative estimate of drug-likeness (QED) is 0.707. The minimum absolute atomic E-state index is 0.0883. The number of amides is 1. The predicted molar refractivity (Wildman–Crippen MR) is 69.5 cm³/mol. The van der Waals surface area contributed by atoms with Crippen molar-refractivity contribution in [2.24, 2.45) is 11.8 Å². The Bertz CT molecular complexity index is 355. The maximum Gasteiger partial charge on any atom is 0.310 e. The van der Waals surface area contributed by atoms with Crippen molar-refractivity contribution in [3.8, 4) is 0 Å². The Morgan fingerprint density at radius 3 is 2.16 bits per heavy atom. The lowest BCUT2D eigenvalue weighted by molar-refractivity contribution is -0.171. The van der Waals surface area contributed by atoms with E-state index in [4.69, 9.17) is 9.47 Å². The Morgan fingerprint density at radius 1 is 1.11 bits per heavy atom. The number of rotatable bonds is 2. The van der Waals surface area contributed by atoms with Crippen LogP contribution in [-0.4, -0.2) is 48.7 Å². The minimum Gasteiger partial charge on any atom is -0.460 e. The molecular formula is C14H23NO4. The fourth-order valence-corrected chi connectivity index (χ4v) is 2.47. The Hall–Kier alpha value is -1.10. The molecule has 0 spiro atoms. The highest BCUT2D eigenvalue weighted by molar-refractivity contribution is 5.87. The summed E-state index contributed by atoms with van der Waals surface area (Å²) in [5.41, 5.74) is -0.487. The van der Waals surface area contributed by atoms with Gasteiger partial charge in [0.15, 0.2) is 0 Å². The summed E-state index contributed by atoms with van der Waals surface area (Å²) >= 11 is 0. The Labute approximate surface area is 114 Å². The van der Waals surface area contributed by atoms with E-state index in [1.165, 1.54) is 0 Å². The summed E-state index contributed by atoms with van der Waals surface area (Å²) in [5, 5.41) is 0. The lowest BCUT2D eigenvalue weighted by atomic mass is 9.72. The van der Waals surface area contributed by atoms with Crippen molar-refractivity contribution < 1.29 is 19.1 Å². The average Bonchev–Trinajstić information content (AvgIpc) is 2.26. The highest BCUT2D eigenvalue weighted by Crippen LogP contribution is 2.37. The van der Waals surface area contributed by atoms with E-state index in [0.29, 0.717) is 26.3 Å². The third-order valence-electron chi connectivity index (χ3n) is 3.62. The number of carbonyl (C=O) groups is 2. The van der Waals surface area contributed by atoms with Crippen molar-refractivity contribution in [1.29, 1.82) is 0 Å². The van der Waals surface area contributed by atoms with Crippen molar-refractivity contribution in [2.75, 3.05) is 26.3 Å². The van der Waals surface area contributed by atoms with E-state index < -0.39 is 5.60 Å². The molecule has 1 aliphatic carbocycles. The van der Waals surface area contributed by atoms with Crippen LogP contribution in [0.15, 0.2) is 0 Å². The van der Waals surface area contributed by atoms with E-state index in [1.54, 1.807) is 0 Å². The smallest absolute Gasteiger partial charge is 0.310 e. The Kier molecular flexibility index (Phi) is 4.13. The number of ether oxygens (including phenoxy) is 2. The average molecular weight is 269 g/mol. The van der Waals surface area contributed by atoms with Gasteiger partial charge in [-0.3, -0.25) is 9.59 Å². The first-order valence-corrected chi connectivity index (χ1v) is 6.98. The monoisotopic (exact) mass is 269 g/mol. The topological polar surface area (TPSA) is 55.8 Å². The van der Waals surface area contributed by atoms with E-state index in [0.717, 1.165) is 12.8 Å². The molecule has 0 aromatic heterocycles. The van der Waals surface area contributed by atoms with Gasteiger partial charge in [0.2, 0.25) is 5.91 Å². The molecule has 1 saturated heterocycles. The van der Waals surface area contributed by atoms with E-state index in [9.17, 15) is 9.59 Å². The molecule has 19 heavy (non-hydrogen) atoms. The molecule has 5 nitrogen and oxygen atoms in total. The first-order chi connectivity index (χ1) is 8.88. The lowest BCUT2D eigenvalue weighted by Crippen LogP contribution is -2.50. The van der Waals surface area contributed by atoms with E-state index in [-0.39, 0.29) is 23.7 Å². The third-order valence-corrected chi connectivity index (χ3v) is 3.62. The molecule has 2 fully saturated rings. The minimum atomic E-state index is -0.487. The van der Waals surface area contributed by atoms with Crippen LogP contribution in [-0.2, 0) is 19.1 Å². The molecule has 2 atom stereocenters. The zero-order valence-corrected chi connectivity index (χ0v) is 12.0. The van der Waals surface area contributed by atoms with Crippen LogP contribution in [0.5, 0.6) is 0 Å². The van der Waals surface area contributed by atoms with Gasteiger partial charge in [-0.1, -0.05) is 0 Å². The molecule has 0 unspecified atom stereocenters. The SMILES string of the molecule is CC(C)(C)OC(=O)[C@H]1CC[C@H]1C(=O)N1CCOCC1. The normalized spacial score (nSPS) is 27.6. The molecule has 2 rings (SSSR count). The largest absolute Gasteiger partial charge is 0.460 e. The lowest BCUT2D eigenvalue weighted by Gasteiger charge is -2.39. The molecule has 2 aliphatic rings. The molecular weight excluding hydrogens is 246 g/mol. The summed E-state index contributed by atoms with van der Waals surface area (Å²) in [6, 6.07) is 0. The fraction of sp³-hybridized carbons (Fsp3) is 0.857. The van der Waals surface area contributed by atoms with Gasteiger partial charge in [0.1, 0.15) is 5.60 Å². The summed E-state index contributed by atoms with van der Waals surface area (Å²) < 4.78 is 10.6. The molecule has 1 amide bonds. The van der Waals surface area contributed by atoms with Gasteiger partial charge in [-0.2, -0.15) is 0 Å². The van der Waals surface area contributed by atoms with Crippen LogP contribution in [0, 0.1) is 11.8 Å². The zero-order valence-electron chi connectivity index (χ0n) is 12.0. The van der Waals surface area contributed by atoms with Crippen LogP contribution in [0.1, 0.15) is 33.6 Å². The van der Waals surface area contributed by atoms with Crippen LogP contribution >= 0.6 is 0 Å². The van der Waals surface area contributed by atoms with E-state index >= 15 is 0 Å². The highest BCUT2D eigenvalue weighted by Gasteiger charge is 2.45. The first-order valence-electron chi connectivity index (χ1n) is 6.98. The second-order valence-corrected chi connectivity index (χ2v) is 6.26. The standard InChI is InChI=1S/C14H23NO4/c1-14(2,3)19-13(17)11-5-4-10(11)12(16)15-6-8-18-9-7-15/h10-11H,4-9H2,1-3H3/t10-,11+/m1/s1. The van der Waals surface area contributed by atoms with Gasteiger partial charge in [-0.05, 0) is 33.6 Å². The summed E-state index contributed by atoms with van der Waals surface area (Å²) in [6.45, 7) is 8.00. The number of carbonyl (C=O) groups excluding carboxylic acids is 2. The molecule has 5 heteroatoms. The highest BCUT2D eigenvalue weighted by atomic mass is 16.6. The molecule has 0 aromatic rings. The maximum atomic E-state index is 12.3. The van der Waals surface area contributed by atoms with Gasteiger partial charge in [0.25, 0.3) is 0 Å². The number of esters is 1. The number of hydrogen-bond acceptors (Lipinski definition) is 4. The van der Waals surface area contributed by atoms with Gasteiger partial charge in [0.05, 0.1) is 25.0 Å². The Morgan fingerprint density at radius 2 is 1.68 bits per heavy atom. The van der Waals surface area contributed by atoms with Crippen LogP contribution in [0.2, 0.25) is 0 Å². The molecule has 0 N–H and O–H groups in total. The van der Waals surface area contributed by atoms with Gasteiger partial charge in [0, 0.05) is 13.1 Å². The summed E-state index contributed by atoms with van der Waals surface area (Å²) in [5.74, 6) is -0.585. The second-order valence-electron chi connectivity index (χ2n) is 6.26. The zero-order chi connectivity index (χ0) is 14.0. The molecule has 1 heterocycles. The van der Waals surface area contributed by atoms with Crippen molar-refractivity contribution in [3.05, 3.63) is 0 Å².